The largest absolute Gasteiger partial charge is 0.469 e. The minimum atomic E-state index is -3.76. The molecule has 1 saturated heterocycles. The summed E-state index contributed by atoms with van der Waals surface area (Å²) in [6.45, 7) is 0.466. The van der Waals surface area contributed by atoms with Crippen LogP contribution in [0.15, 0.2) is 11.2 Å². The summed E-state index contributed by atoms with van der Waals surface area (Å²) in [6.07, 6.45) is 2.52. The molecule has 1 aromatic rings. The second-order valence-electron chi connectivity index (χ2n) is 4.65. The fourth-order valence-corrected chi connectivity index (χ4v) is 4.46. The zero-order valence-corrected chi connectivity index (χ0v) is 12.8. The number of nitrogens with zero attached hydrogens (tertiary/aromatic N) is 3. The van der Waals surface area contributed by atoms with Crippen molar-refractivity contribution in [1.29, 1.82) is 0 Å². The molecule has 2 rings (SSSR count). The second kappa shape index (κ2) is 5.71. The van der Waals surface area contributed by atoms with Crippen molar-refractivity contribution in [3.8, 4) is 0 Å². The minimum absolute atomic E-state index is 0.0512. The molecule has 1 aliphatic rings. The number of aryl methyl sites for hydroxylation is 1. The summed E-state index contributed by atoms with van der Waals surface area (Å²) < 4.78 is 32.3. The van der Waals surface area contributed by atoms with E-state index in [0.29, 0.717) is 19.4 Å². The fraction of sp³-hybridized carbons (Fsp3) is 0.636. The SMILES string of the molecule is COC(=O)[C@H]1CCCN(S(=O)(=O)c2c(Cl)cnn2C)C1. The zero-order chi connectivity index (χ0) is 14.9. The summed E-state index contributed by atoms with van der Waals surface area (Å²) >= 11 is 5.89. The summed E-state index contributed by atoms with van der Waals surface area (Å²) in [5, 5.41) is 3.86. The normalized spacial score (nSPS) is 20.9. The Labute approximate surface area is 122 Å². The smallest absolute Gasteiger partial charge is 0.309 e. The lowest BCUT2D eigenvalue weighted by Gasteiger charge is -2.30. The van der Waals surface area contributed by atoms with Crippen LogP contribution in [0.4, 0.5) is 0 Å². The van der Waals surface area contributed by atoms with Crippen LogP contribution in [0.2, 0.25) is 5.02 Å². The number of piperidine rings is 1. The van der Waals surface area contributed by atoms with E-state index in [1.165, 1.54) is 29.3 Å². The average molecular weight is 322 g/mol. The van der Waals surface area contributed by atoms with Gasteiger partial charge in [0.1, 0.15) is 0 Å². The van der Waals surface area contributed by atoms with Crippen molar-refractivity contribution in [2.75, 3.05) is 20.2 Å². The van der Waals surface area contributed by atoms with Gasteiger partial charge in [0, 0.05) is 20.1 Å². The van der Waals surface area contributed by atoms with Crippen molar-refractivity contribution in [3.63, 3.8) is 0 Å². The van der Waals surface area contributed by atoms with Gasteiger partial charge in [-0.2, -0.15) is 9.40 Å². The molecule has 0 N–H and O–H groups in total. The number of methoxy groups -OCH3 is 1. The predicted molar refractivity (Wildman–Crippen MR) is 71.7 cm³/mol. The van der Waals surface area contributed by atoms with Crippen molar-refractivity contribution in [1.82, 2.24) is 14.1 Å². The molecule has 0 bridgehead atoms. The van der Waals surface area contributed by atoms with E-state index in [2.05, 4.69) is 9.84 Å². The van der Waals surface area contributed by atoms with Gasteiger partial charge in [-0.25, -0.2) is 8.42 Å². The number of hydrogen-bond donors (Lipinski definition) is 0. The van der Waals surface area contributed by atoms with Crippen molar-refractivity contribution in [2.24, 2.45) is 13.0 Å². The Morgan fingerprint density at radius 3 is 2.80 bits per heavy atom. The molecule has 9 heteroatoms. The Bertz CT molecular complexity index is 594. The molecule has 7 nitrogen and oxygen atoms in total. The molecule has 1 aromatic heterocycles. The molecule has 0 radical (unpaired) electrons. The molecule has 0 aliphatic carbocycles. The Morgan fingerprint density at radius 1 is 1.55 bits per heavy atom. The number of halogens is 1. The Kier molecular flexibility index (Phi) is 4.36. The number of esters is 1. The number of carbonyl (C=O) groups is 1. The molecule has 20 heavy (non-hydrogen) atoms. The van der Waals surface area contributed by atoms with Gasteiger partial charge in [-0.15, -0.1) is 0 Å². The first-order chi connectivity index (χ1) is 9.37. The zero-order valence-electron chi connectivity index (χ0n) is 11.2. The number of aromatic nitrogens is 2. The molecule has 112 valence electrons. The maximum absolute atomic E-state index is 12.6. The molecule has 2 heterocycles. The van der Waals surface area contributed by atoms with Crippen LogP contribution < -0.4 is 0 Å². The van der Waals surface area contributed by atoms with Crippen LogP contribution >= 0.6 is 11.6 Å². The third-order valence-corrected chi connectivity index (χ3v) is 5.72. The third kappa shape index (κ3) is 2.68. The highest BCUT2D eigenvalue weighted by molar-refractivity contribution is 7.89. The van der Waals surface area contributed by atoms with Crippen LogP contribution in [-0.4, -0.2) is 48.7 Å². The number of sulfonamides is 1. The van der Waals surface area contributed by atoms with Gasteiger partial charge in [0.25, 0.3) is 10.0 Å². The van der Waals surface area contributed by atoms with Gasteiger partial charge in [-0.1, -0.05) is 11.6 Å². The van der Waals surface area contributed by atoms with Crippen LogP contribution in [0.1, 0.15) is 12.8 Å². The van der Waals surface area contributed by atoms with E-state index in [1.807, 2.05) is 0 Å². The summed E-state index contributed by atoms with van der Waals surface area (Å²) in [4.78, 5) is 11.6. The lowest BCUT2D eigenvalue weighted by molar-refractivity contribution is -0.146. The lowest BCUT2D eigenvalue weighted by atomic mass is 10.0. The predicted octanol–water partition coefficient (Wildman–Crippen LogP) is 0.647. The summed E-state index contributed by atoms with van der Waals surface area (Å²) in [6, 6.07) is 0. The maximum Gasteiger partial charge on any atom is 0.309 e. The number of rotatable bonds is 3. The number of hydrogen-bond acceptors (Lipinski definition) is 5. The Morgan fingerprint density at radius 2 is 2.25 bits per heavy atom. The molecular formula is C11H16ClN3O4S. The van der Waals surface area contributed by atoms with E-state index in [9.17, 15) is 13.2 Å². The van der Waals surface area contributed by atoms with E-state index in [4.69, 9.17) is 11.6 Å². The van der Waals surface area contributed by atoms with E-state index in [0.717, 1.165) is 0 Å². The van der Waals surface area contributed by atoms with Gasteiger partial charge >= 0.3 is 5.97 Å². The maximum atomic E-state index is 12.6. The summed E-state index contributed by atoms with van der Waals surface area (Å²) in [7, 11) is -0.947. The van der Waals surface area contributed by atoms with Crippen LogP contribution in [0.5, 0.6) is 0 Å². The highest BCUT2D eigenvalue weighted by Crippen LogP contribution is 2.28. The van der Waals surface area contributed by atoms with Gasteiger partial charge < -0.3 is 4.74 Å². The first-order valence-corrected chi connectivity index (χ1v) is 7.95. The van der Waals surface area contributed by atoms with Crippen molar-refractivity contribution in [2.45, 2.75) is 17.9 Å². The molecule has 0 amide bonds. The monoisotopic (exact) mass is 321 g/mol. The van der Waals surface area contributed by atoms with Crippen molar-refractivity contribution in [3.05, 3.63) is 11.2 Å². The highest BCUT2D eigenvalue weighted by atomic mass is 35.5. The minimum Gasteiger partial charge on any atom is -0.469 e. The summed E-state index contributed by atoms with van der Waals surface area (Å²) in [5.41, 5.74) is 0. The van der Waals surface area contributed by atoms with Gasteiger partial charge in [-0.3, -0.25) is 9.48 Å². The van der Waals surface area contributed by atoms with E-state index < -0.39 is 15.9 Å². The van der Waals surface area contributed by atoms with Crippen molar-refractivity contribution >= 4 is 27.6 Å². The molecule has 1 fully saturated rings. The standard InChI is InChI=1S/C11H16ClN3O4S/c1-14-10(9(12)6-13-14)20(17,18)15-5-3-4-8(7-15)11(16)19-2/h6,8H,3-5,7H2,1-2H3/t8-/m0/s1. The van der Waals surface area contributed by atoms with Crippen LogP contribution in [0.25, 0.3) is 0 Å². The van der Waals surface area contributed by atoms with E-state index in [1.54, 1.807) is 0 Å². The van der Waals surface area contributed by atoms with Gasteiger partial charge in [0.05, 0.1) is 24.2 Å². The van der Waals surface area contributed by atoms with Crippen LogP contribution in [0.3, 0.4) is 0 Å². The van der Waals surface area contributed by atoms with E-state index in [-0.39, 0.29) is 22.6 Å². The average Bonchev–Trinajstić information content (AvgIpc) is 2.78. The van der Waals surface area contributed by atoms with Crippen LogP contribution in [0, 0.1) is 5.92 Å². The summed E-state index contributed by atoms with van der Waals surface area (Å²) in [5.74, 6) is -0.823. The lowest BCUT2D eigenvalue weighted by Crippen LogP contribution is -2.43. The molecule has 0 aromatic carbocycles. The molecular weight excluding hydrogens is 306 g/mol. The number of ether oxygens (including phenoxy) is 1. The van der Waals surface area contributed by atoms with Gasteiger partial charge in [0.2, 0.25) is 0 Å². The first-order valence-electron chi connectivity index (χ1n) is 6.13. The molecule has 0 unspecified atom stereocenters. The quantitative estimate of drug-likeness (QED) is 0.763. The molecule has 0 saturated carbocycles. The van der Waals surface area contributed by atoms with Crippen molar-refractivity contribution < 1.29 is 17.9 Å². The Balaban J connectivity index is 2.28. The van der Waals surface area contributed by atoms with Gasteiger partial charge in [-0.05, 0) is 12.8 Å². The molecule has 1 aliphatic heterocycles. The topological polar surface area (TPSA) is 81.5 Å². The molecule has 0 spiro atoms. The van der Waals surface area contributed by atoms with E-state index >= 15 is 0 Å². The Hall–Kier alpha value is -1.12. The second-order valence-corrected chi connectivity index (χ2v) is 6.91. The van der Waals surface area contributed by atoms with Crippen LogP contribution in [-0.2, 0) is 26.6 Å². The van der Waals surface area contributed by atoms with Gasteiger partial charge in [0.15, 0.2) is 5.03 Å². The molecule has 1 atom stereocenters. The third-order valence-electron chi connectivity index (χ3n) is 3.35. The number of carbonyl (C=O) groups excluding carboxylic acids is 1. The fourth-order valence-electron chi connectivity index (χ4n) is 2.33. The first kappa shape index (κ1) is 15.3. The highest BCUT2D eigenvalue weighted by Gasteiger charge is 2.36.